The van der Waals surface area contributed by atoms with Crippen LogP contribution in [0.4, 0.5) is 5.69 Å². The molecule has 0 aliphatic carbocycles. The second-order valence-electron chi connectivity index (χ2n) is 5.48. The zero-order valence-corrected chi connectivity index (χ0v) is 12.7. The standard InChI is InChI=1S/C18H23N3/c1-14(2)17(15-9-5-3-6-10-15)13-20-18(19)21-16-11-7-4-8-12-16/h3-12,14,17H,13H2,1-2H3,(H3,19,20,21). The molecule has 0 aliphatic heterocycles. The Morgan fingerprint density at radius 2 is 1.57 bits per heavy atom. The molecule has 0 aromatic heterocycles. The minimum Gasteiger partial charge on any atom is -0.370 e. The molecule has 3 heteroatoms. The Hall–Kier alpha value is -2.29. The van der Waals surface area contributed by atoms with E-state index in [-0.39, 0.29) is 0 Å². The number of benzene rings is 2. The van der Waals surface area contributed by atoms with E-state index in [1.165, 1.54) is 5.56 Å². The molecular weight excluding hydrogens is 258 g/mol. The van der Waals surface area contributed by atoms with E-state index in [1.807, 2.05) is 36.4 Å². The van der Waals surface area contributed by atoms with Crippen molar-refractivity contribution in [2.75, 3.05) is 11.9 Å². The molecule has 2 aromatic carbocycles. The predicted molar refractivity (Wildman–Crippen MR) is 90.6 cm³/mol. The van der Waals surface area contributed by atoms with Crippen LogP contribution < -0.4 is 11.1 Å². The van der Waals surface area contributed by atoms with Crippen LogP contribution in [-0.4, -0.2) is 12.5 Å². The van der Waals surface area contributed by atoms with E-state index in [4.69, 9.17) is 5.73 Å². The lowest BCUT2D eigenvalue weighted by Gasteiger charge is -2.19. The molecule has 1 atom stereocenters. The van der Waals surface area contributed by atoms with E-state index in [0.717, 1.165) is 5.69 Å². The first-order valence-corrected chi connectivity index (χ1v) is 7.33. The van der Waals surface area contributed by atoms with Gasteiger partial charge in [-0.1, -0.05) is 62.4 Å². The van der Waals surface area contributed by atoms with Crippen molar-refractivity contribution in [2.45, 2.75) is 19.8 Å². The van der Waals surface area contributed by atoms with E-state index in [1.54, 1.807) is 0 Å². The highest BCUT2D eigenvalue weighted by molar-refractivity contribution is 5.92. The number of hydrogen-bond acceptors (Lipinski definition) is 1. The molecule has 0 spiro atoms. The van der Waals surface area contributed by atoms with Crippen LogP contribution in [0, 0.1) is 5.92 Å². The molecule has 21 heavy (non-hydrogen) atoms. The number of rotatable bonds is 5. The molecule has 0 aliphatic rings. The van der Waals surface area contributed by atoms with Crippen LogP contribution in [0.3, 0.4) is 0 Å². The Kier molecular flexibility index (Phi) is 5.38. The van der Waals surface area contributed by atoms with Crippen LogP contribution in [0.15, 0.2) is 65.7 Å². The highest BCUT2D eigenvalue weighted by Crippen LogP contribution is 2.24. The highest BCUT2D eigenvalue weighted by atomic mass is 15.1. The number of hydrogen-bond donors (Lipinski definition) is 2. The number of nitrogens with two attached hydrogens (primary N) is 1. The normalized spacial score (nSPS) is 13.2. The predicted octanol–water partition coefficient (Wildman–Crippen LogP) is 3.85. The summed E-state index contributed by atoms with van der Waals surface area (Å²) in [4.78, 5) is 4.50. The number of nitrogens with zero attached hydrogens (tertiary/aromatic N) is 1. The Balaban J connectivity index is 2.03. The molecule has 3 nitrogen and oxygen atoms in total. The first-order valence-electron chi connectivity index (χ1n) is 7.33. The SMILES string of the molecule is CC(C)C(CN=C(N)Nc1ccccc1)c1ccccc1. The van der Waals surface area contributed by atoms with Crippen molar-refractivity contribution in [3.63, 3.8) is 0 Å². The largest absolute Gasteiger partial charge is 0.370 e. The average molecular weight is 281 g/mol. The van der Waals surface area contributed by atoms with Crippen molar-refractivity contribution in [2.24, 2.45) is 16.6 Å². The van der Waals surface area contributed by atoms with Gasteiger partial charge in [0.15, 0.2) is 5.96 Å². The smallest absolute Gasteiger partial charge is 0.193 e. The van der Waals surface area contributed by atoms with Gasteiger partial charge in [0.25, 0.3) is 0 Å². The van der Waals surface area contributed by atoms with E-state index >= 15 is 0 Å². The van der Waals surface area contributed by atoms with Gasteiger partial charge in [-0.05, 0) is 23.6 Å². The van der Waals surface area contributed by atoms with Gasteiger partial charge in [-0.3, -0.25) is 4.99 Å². The molecule has 0 saturated heterocycles. The summed E-state index contributed by atoms with van der Waals surface area (Å²) in [5.74, 6) is 1.35. The molecule has 1 unspecified atom stereocenters. The Labute approximate surface area is 126 Å². The summed E-state index contributed by atoms with van der Waals surface area (Å²) in [5, 5.41) is 3.12. The molecule has 0 heterocycles. The minimum absolute atomic E-state index is 0.377. The number of aliphatic imine (C=N–C) groups is 1. The number of nitrogens with one attached hydrogen (secondary N) is 1. The van der Waals surface area contributed by atoms with E-state index in [9.17, 15) is 0 Å². The summed E-state index contributed by atoms with van der Waals surface area (Å²) in [6, 6.07) is 20.3. The lowest BCUT2D eigenvalue weighted by atomic mass is 9.88. The third-order valence-electron chi connectivity index (χ3n) is 3.54. The Morgan fingerprint density at radius 1 is 1.00 bits per heavy atom. The van der Waals surface area contributed by atoms with Crippen molar-refractivity contribution in [1.29, 1.82) is 0 Å². The number of para-hydroxylation sites is 1. The molecule has 0 amide bonds. The molecule has 2 aromatic rings. The molecule has 110 valence electrons. The summed E-state index contributed by atoms with van der Waals surface area (Å²) in [6.45, 7) is 5.12. The minimum atomic E-state index is 0.377. The zero-order valence-electron chi connectivity index (χ0n) is 12.7. The molecule has 0 saturated carbocycles. The van der Waals surface area contributed by atoms with Gasteiger partial charge >= 0.3 is 0 Å². The monoisotopic (exact) mass is 281 g/mol. The van der Waals surface area contributed by atoms with Crippen LogP contribution in [0.25, 0.3) is 0 Å². The summed E-state index contributed by atoms with van der Waals surface area (Å²) in [6.07, 6.45) is 0. The van der Waals surface area contributed by atoms with Crippen LogP contribution in [0.5, 0.6) is 0 Å². The first-order chi connectivity index (χ1) is 10.2. The van der Waals surface area contributed by atoms with Crippen LogP contribution in [0.2, 0.25) is 0 Å². The van der Waals surface area contributed by atoms with Gasteiger partial charge in [-0.25, -0.2) is 0 Å². The zero-order chi connectivity index (χ0) is 15.1. The average Bonchev–Trinajstić information content (AvgIpc) is 2.49. The molecule has 0 radical (unpaired) electrons. The molecule has 0 fully saturated rings. The first kappa shape index (κ1) is 15.1. The van der Waals surface area contributed by atoms with Gasteiger partial charge in [0.05, 0.1) is 0 Å². The number of anilines is 1. The molecule has 0 bridgehead atoms. The summed E-state index contributed by atoms with van der Waals surface area (Å²) in [5.41, 5.74) is 8.24. The van der Waals surface area contributed by atoms with Crippen molar-refractivity contribution in [1.82, 2.24) is 0 Å². The van der Waals surface area contributed by atoms with Gasteiger partial charge in [0.2, 0.25) is 0 Å². The van der Waals surface area contributed by atoms with Gasteiger partial charge in [-0.2, -0.15) is 0 Å². The third kappa shape index (κ3) is 4.63. The Bertz CT molecular complexity index is 562. The van der Waals surface area contributed by atoms with E-state index in [2.05, 4.69) is 48.4 Å². The maximum Gasteiger partial charge on any atom is 0.193 e. The van der Waals surface area contributed by atoms with Gasteiger partial charge in [0.1, 0.15) is 0 Å². The highest BCUT2D eigenvalue weighted by Gasteiger charge is 2.15. The van der Waals surface area contributed by atoms with Gasteiger partial charge in [0, 0.05) is 18.2 Å². The maximum atomic E-state index is 5.97. The van der Waals surface area contributed by atoms with E-state index in [0.29, 0.717) is 24.3 Å². The molecule has 2 rings (SSSR count). The molecule has 3 N–H and O–H groups in total. The van der Waals surface area contributed by atoms with Crippen molar-refractivity contribution < 1.29 is 0 Å². The molecular formula is C18H23N3. The fourth-order valence-electron chi connectivity index (χ4n) is 2.31. The number of guanidine groups is 1. The quantitative estimate of drug-likeness (QED) is 0.646. The topological polar surface area (TPSA) is 50.4 Å². The van der Waals surface area contributed by atoms with E-state index < -0.39 is 0 Å². The fraction of sp³-hybridized carbons (Fsp3) is 0.278. The van der Waals surface area contributed by atoms with Gasteiger partial charge in [-0.15, -0.1) is 0 Å². The van der Waals surface area contributed by atoms with Crippen molar-refractivity contribution >= 4 is 11.6 Å². The van der Waals surface area contributed by atoms with Crippen molar-refractivity contribution in [3.05, 3.63) is 66.2 Å². The lowest BCUT2D eigenvalue weighted by Crippen LogP contribution is -2.24. The fourth-order valence-corrected chi connectivity index (χ4v) is 2.31. The van der Waals surface area contributed by atoms with Crippen LogP contribution in [-0.2, 0) is 0 Å². The van der Waals surface area contributed by atoms with Crippen LogP contribution in [0.1, 0.15) is 25.3 Å². The lowest BCUT2D eigenvalue weighted by molar-refractivity contribution is 0.507. The maximum absolute atomic E-state index is 5.97. The van der Waals surface area contributed by atoms with Gasteiger partial charge < -0.3 is 11.1 Å². The third-order valence-corrected chi connectivity index (χ3v) is 3.54. The summed E-state index contributed by atoms with van der Waals surface area (Å²) < 4.78 is 0. The van der Waals surface area contributed by atoms with Crippen molar-refractivity contribution in [3.8, 4) is 0 Å². The second-order valence-corrected chi connectivity index (χ2v) is 5.48. The summed E-state index contributed by atoms with van der Waals surface area (Å²) >= 11 is 0. The summed E-state index contributed by atoms with van der Waals surface area (Å²) in [7, 11) is 0. The Morgan fingerprint density at radius 3 is 2.14 bits per heavy atom. The van der Waals surface area contributed by atoms with Crippen LogP contribution >= 0.6 is 0 Å². The second kappa shape index (κ2) is 7.48.